The summed E-state index contributed by atoms with van der Waals surface area (Å²) in [6, 6.07) is 0. The first-order chi connectivity index (χ1) is 4.31. The molecule has 12 heavy (non-hydrogen) atoms. The number of aryl methyl sites for hydroxylation is 1. The third-order valence-corrected chi connectivity index (χ3v) is 0.534. The van der Waals surface area contributed by atoms with Gasteiger partial charge in [0.05, 0.1) is 12.4 Å². The van der Waals surface area contributed by atoms with Gasteiger partial charge in [-0.25, -0.2) is 0 Å². The molecule has 0 aromatic carbocycles. The molecular weight excluding hydrogens is 150 g/mol. The lowest BCUT2D eigenvalue weighted by Gasteiger charge is -1.75. The molecule has 0 bridgehead atoms. The number of hydrogen-bond acceptors (Lipinski definition) is 2. The van der Waals surface area contributed by atoms with Crippen LogP contribution in [0.2, 0.25) is 0 Å². The van der Waals surface area contributed by atoms with Gasteiger partial charge in [0, 0.05) is 7.05 Å². The van der Waals surface area contributed by atoms with Gasteiger partial charge in [0.15, 0.2) is 0 Å². The highest BCUT2D eigenvalue weighted by atomic mass is 15.4. The molecule has 0 aliphatic heterocycles. The van der Waals surface area contributed by atoms with Crippen molar-refractivity contribution in [1.82, 2.24) is 15.0 Å². The second-order valence-electron chi connectivity index (χ2n) is 1.73. The summed E-state index contributed by atoms with van der Waals surface area (Å²) in [6.45, 7) is 4.25. The van der Waals surface area contributed by atoms with Gasteiger partial charge in [0.2, 0.25) is 0 Å². The highest BCUT2D eigenvalue weighted by Crippen LogP contribution is 1.64. The van der Waals surface area contributed by atoms with Crippen LogP contribution in [0.1, 0.15) is 42.5 Å². The van der Waals surface area contributed by atoms with Crippen molar-refractivity contribution in [3.63, 3.8) is 0 Å². The number of aromatic nitrogens is 3. The molecule has 1 rings (SSSR count). The zero-order valence-corrected chi connectivity index (χ0v) is 6.20. The van der Waals surface area contributed by atoms with Crippen molar-refractivity contribution in [3.8, 4) is 0 Å². The van der Waals surface area contributed by atoms with Crippen molar-refractivity contribution in [1.29, 1.82) is 0 Å². The van der Waals surface area contributed by atoms with Gasteiger partial charge < -0.3 is 0 Å². The minimum atomic E-state index is 0. The molecule has 3 heteroatoms. The smallest absolute Gasteiger partial charge is 0.0692 e. The van der Waals surface area contributed by atoms with E-state index >= 15 is 0 Å². The normalized spacial score (nSPS) is 5.92. The van der Waals surface area contributed by atoms with E-state index in [9.17, 15) is 0 Å². The van der Waals surface area contributed by atoms with Crippen LogP contribution in [0, 0.1) is 0 Å². The van der Waals surface area contributed by atoms with Crippen LogP contribution in [0.25, 0.3) is 0 Å². The van der Waals surface area contributed by atoms with Crippen molar-refractivity contribution in [2.24, 2.45) is 7.05 Å². The van der Waals surface area contributed by atoms with E-state index in [-0.39, 0.29) is 22.3 Å². The molecule has 0 amide bonds. The second-order valence-corrected chi connectivity index (χ2v) is 1.73. The molecule has 0 aliphatic carbocycles. The molecule has 76 valence electrons. The van der Waals surface area contributed by atoms with Crippen LogP contribution in [-0.4, -0.2) is 15.0 Å². The summed E-state index contributed by atoms with van der Waals surface area (Å²) in [4.78, 5) is 1.50. The van der Waals surface area contributed by atoms with Crippen LogP contribution in [0.3, 0.4) is 0 Å². The van der Waals surface area contributed by atoms with Crippen LogP contribution in [0.5, 0.6) is 0 Å². The maximum absolute atomic E-state index is 3.72. The summed E-state index contributed by atoms with van der Waals surface area (Å²) in [5, 5.41) is 7.44. The highest BCUT2D eigenvalue weighted by molar-refractivity contribution is 4.57. The van der Waals surface area contributed by atoms with Crippen molar-refractivity contribution in [2.75, 3.05) is 0 Å². The quantitative estimate of drug-likeness (QED) is 0.606. The molecule has 1 aromatic rings. The molecular formula is C9H25N3. The third kappa shape index (κ3) is 16.1. The Labute approximate surface area is 77.8 Å². The first-order valence-corrected chi connectivity index (χ1v) is 3.11. The van der Waals surface area contributed by atoms with E-state index in [0.29, 0.717) is 0 Å². The molecule has 0 N–H and O–H groups in total. The van der Waals surface area contributed by atoms with Gasteiger partial charge in [-0.3, -0.25) is 0 Å². The summed E-state index contributed by atoms with van der Waals surface area (Å²) in [6.07, 6.45) is 4.53. The van der Waals surface area contributed by atoms with Crippen LogP contribution in [-0.2, 0) is 7.05 Å². The molecule has 3 nitrogen and oxygen atoms in total. The maximum Gasteiger partial charge on any atom is 0.0692 e. The fraction of sp³-hybridized carbons (Fsp3) is 0.778. The minimum Gasteiger partial charge on any atom is -0.188 e. The fourth-order valence-corrected chi connectivity index (χ4v) is 0.282. The number of nitrogens with zero attached hydrogens (tertiary/aromatic N) is 3. The molecule has 0 aliphatic rings. The molecule has 0 spiro atoms. The Morgan fingerprint density at radius 3 is 1.33 bits per heavy atom. The van der Waals surface area contributed by atoms with Gasteiger partial charge in [-0.15, -0.1) is 0 Å². The lowest BCUT2D eigenvalue weighted by Crippen LogP contribution is -1.89. The fourth-order valence-electron chi connectivity index (χ4n) is 0.282. The third-order valence-electron chi connectivity index (χ3n) is 0.534. The standard InChI is InChI=1S/C3H5N3.C3H8.3CH4/c1-6-4-2-3-5-6;1-3-2;;;/h2-3H,1H3;3H2,1-2H3;3*1H4. The zero-order valence-electron chi connectivity index (χ0n) is 6.20. The summed E-state index contributed by atoms with van der Waals surface area (Å²) in [5.41, 5.74) is 0. The van der Waals surface area contributed by atoms with Gasteiger partial charge in [-0.05, 0) is 0 Å². The Morgan fingerprint density at radius 2 is 1.25 bits per heavy atom. The van der Waals surface area contributed by atoms with Crippen LogP contribution >= 0.6 is 0 Å². The van der Waals surface area contributed by atoms with Crippen LogP contribution < -0.4 is 0 Å². The van der Waals surface area contributed by atoms with E-state index in [0.717, 1.165) is 0 Å². The molecule has 1 aromatic heterocycles. The molecule has 0 atom stereocenters. The van der Waals surface area contributed by atoms with Crippen molar-refractivity contribution < 1.29 is 0 Å². The zero-order chi connectivity index (χ0) is 7.11. The highest BCUT2D eigenvalue weighted by Gasteiger charge is 1.70. The van der Waals surface area contributed by atoms with Gasteiger partial charge in [-0.1, -0.05) is 42.5 Å². The van der Waals surface area contributed by atoms with E-state index in [2.05, 4.69) is 24.0 Å². The number of rotatable bonds is 0. The van der Waals surface area contributed by atoms with Gasteiger partial charge in [0.25, 0.3) is 0 Å². The maximum atomic E-state index is 3.72. The minimum absolute atomic E-state index is 0. The predicted molar refractivity (Wildman–Crippen MR) is 57.2 cm³/mol. The molecule has 0 saturated carbocycles. The molecule has 0 radical (unpaired) electrons. The Kier molecular flexibility index (Phi) is 31.1. The Morgan fingerprint density at radius 1 is 1.00 bits per heavy atom. The van der Waals surface area contributed by atoms with Crippen molar-refractivity contribution >= 4 is 0 Å². The van der Waals surface area contributed by atoms with Crippen LogP contribution in [0.15, 0.2) is 12.4 Å². The van der Waals surface area contributed by atoms with Crippen LogP contribution in [0.4, 0.5) is 0 Å². The van der Waals surface area contributed by atoms with E-state index in [4.69, 9.17) is 0 Å². The first kappa shape index (κ1) is 22.5. The summed E-state index contributed by atoms with van der Waals surface area (Å²) >= 11 is 0. The SMILES string of the molecule is C.C.C.CCC.Cn1nccn1. The Hall–Kier alpha value is -0.860. The average molecular weight is 175 g/mol. The topological polar surface area (TPSA) is 30.7 Å². The molecule has 0 unspecified atom stereocenters. The average Bonchev–Trinajstić information content (AvgIpc) is 2.20. The molecule has 0 fully saturated rings. The lowest BCUT2D eigenvalue weighted by atomic mass is 10.6. The van der Waals surface area contributed by atoms with Gasteiger partial charge in [-0.2, -0.15) is 15.0 Å². The largest absolute Gasteiger partial charge is 0.188 e. The summed E-state index contributed by atoms with van der Waals surface area (Å²) in [5.74, 6) is 0. The molecule has 1 heterocycles. The van der Waals surface area contributed by atoms with E-state index in [1.165, 1.54) is 11.2 Å². The van der Waals surface area contributed by atoms with Gasteiger partial charge in [0.1, 0.15) is 0 Å². The monoisotopic (exact) mass is 175 g/mol. The Balaban J connectivity index is -0.0000000489. The number of hydrogen-bond donors (Lipinski definition) is 0. The Bertz CT molecular complexity index is 124. The molecule has 0 saturated heterocycles. The summed E-state index contributed by atoms with van der Waals surface area (Å²) in [7, 11) is 1.78. The predicted octanol–water partition coefficient (Wildman–Crippen LogP) is 3.14. The van der Waals surface area contributed by atoms with E-state index in [1.54, 1.807) is 19.4 Å². The van der Waals surface area contributed by atoms with E-state index in [1.807, 2.05) is 0 Å². The van der Waals surface area contributed by atoms with Crippen molar-refractivity contribution in [3.05, 3.63) is 12.4 Å². The lowest BCUT2D eigenvalue weighted by molar-refractivity contribution is 0.654. The second kappa shape index (κ2) is 16.6. The summed E-state index contributed by atoms with van der Waals surface area (Å²) < 4.78 is 0. The van der Waals surface area contributed by atoms with E-state index < -0.39 is 0 Å². The van der Waals surface area contributed by atoms with Gasteiger partial charge >= 0.3 is 0 Å². The first-order valence-electron chi connectivity index (χ1n) is 3.11. The van der Waals surface area contributed by atoms with Crippen molar-refractivity contribution in [2.45, 2.75) is 42.5 Å².